The zero-order valence-corrected chi connectivity index (χ0v) is 23.1. The Balaban J connectivity index is 1.10. The van der Waals surface area contributed by atoms with Crippen LogP contribution in [0, 0.1) is 16.5 Å². The van der Waals surface area contributed by atoms with Crippen LogP contribution in [0.2, 0.25) is 0 Å². The third-order valence-electron chi connectivity index (χ3n) is 12.1. The molecule has 3 aliphatic heterocycles. The smallest absolute Gasteiger partial charge is 0.0974 e. The summed E-state index contributed by atoms with van der Waals surface area (Å²) in [5.74, 6) is 1.17. The predicted molar refractivity (Wildman–Crippen MR) is 153 cm³/mol. The Morgan fingerprint density at radius 3 is 2.66 bits per heavy atom. The van der Waals surface area contributed by atoms with Crippen molar-refractivity contribution in [1.82, 2.24) is 4.90 Å². The van der Waals surface area contributed by atoms with Crippen molar-refractivity contribution in [2.24, 2.45) is 11.3 Å². The van der Waals surface area contributed by atoms with E-state index in [-0.39, 0.29) is 21.3 Å². The van der Waals surface area contributed by atoms with Crippen LogP contribution in [0.3, 0.4) is 0 Å². The van der Waals surface area contributed by atoms with Gasteiger partial charge in [-0.15, -0.1) is 0 Å². The molecule has 0 radical (unpaired) electrons. The lowest BCUT2D eigenvalue weighted by Crippen LogP contribution is -2.59. The predicted octanol–water partition coefficient (Wildman–Crippen LogP) is 6.71. The zero-order valence-electron chi connectivity index (χ0n) is 23.1. The Hall–Kier alpha value is -1.98. The first kappa shape index (κ1) is 23.9. The van der Waals surface area contributed by atoms with E-state index in [4.69, 9.17) is 4.74 Å². The highest BCUT2D eigenvalue weighted by atomic mass is 16.5. The van der Waals surface area contributed by atoms with Gasteiger partial charge in [-0.1, -0.05) is 61.5 Å². The number of fused-ring (bicyclic) bond motifs is 2. The van der Waals surface area contributed by atoms with Crippen LogP contribution in [-0.2, 0) is 4.74 Å². The molecule has 2 aromatic rings. The van der Waals surface area contributed by atoms with E-state index >= 15 is 0 Å². The van der Waals surface area contributed by atoms with Gasteiger partial charge in [0, 0.05) is 19.1 Å². The Bertz CT molecular complexity index is 1350. The first-order valence-electron chi connectivity index (χ1n) is 15.2. The fourth-order valence-corrected chi connectivity index (χ4v) is 9.94. The van der Waals surface area contributed by atoms with Gasteiger partial charge in [0.25, 0.3) is 0 Å². The van der Waals surface area contributed by atoms with Gasteiger partial charge in [0.2, 0.25) is 0 Å². The van der Waals surface area contributed by atoms with Gasteiger partial charge in [-0.25, -0.2) is 0 Å². The number of hydrogen-bond acceptors (Lipinski definition) is 3. The molecule has 3 heterocycles. The van der Waals surface area contributed by atoms with E-state index in [0.717, 1.165) is 45.4 Å². The monoisotopic (exact) mass is 510 g/mol. The van der Waals surface area contributed by atoms with Crippen LogP contribution in [0.1, 0.15) is 69.8 Å². The number of rotatable bonds is 2. The normalized spacial score (nSPS) is 41.7. The van der Waals surface area contributed by atoms with Crippen LogP contribution in [0.5, 0.6) is 0 Å². The number of hydrogen-bond donors (Lipinski definition) is 0. The lowest BCUT2D eigenvalue weighted by Gasteiger charge is -2.55. The number of allylic oxidation sites excluding steroid dienone is 1. The molecule has 2 saturated carbocycles. The molecule has 1 unspecified atom stereocenters. The van der Waals surface area contributed by atoms with E-state index in [2.05, 4.69) is 66.4 Å². The van der Waals surface area contributed by atoms with Crippen LogP contribution in [0.15, 0.2) is 65.8 Å². The molecule has 0 N–H and O–H groups in total. The second kappa shape index (κ2) is 8.04. The second-order valence-corrected chi connectivity index (χ2v) is 14.0. The van der Waals surface area contributed by atoms with Crippen molar-refractivity contribution in [1.29, 1.82) is 0 Å². The minimum Gasteiger partial charge on any atom is -0.633 e. The lowest BCUT2D eigenvalue weighted by molar-refractivity contribution is -0.865. The standard InChI is InChI=1S/C34H42N2O2/c1-32-14-13-28-22-27-9-10-29(35-17-19-36(2,37)20-18-35)23-33(27)15-16-34(28,38-33)31(32)12-11-30(32)26-8-7-24-5-3-4-6-25(24)21-26/h3-8,13,21-22,29-31H,9-12,14-20,23H2,1-2H3/t29-,30+,31+,32+,33+,34?/m0/s1. The first-order chi connectivity index (χ1) is 18.3. The van der Waals surface area contributed by atoms with E-state index in [9.17, 15) is 5.21 Å². The Labute approximate surface area is 227 Å². The molecular formula is C34H42N2O2. The number of benzene rings is 2. The molecule has 4 fully saturated rings. The molecule has 6 aliphatic rings. The van der Waals surface area contributed by atoms with E-state index in [1.54, 1.807) is 5.57 Å². The summed E-state index contributed by atoms with van der Waals surface area (Å²) in [5, 5.41) is 15.2. The second-order valence-electron chi connectivity index (χ2n) is 14.0. The van der Waals surface area contributed by atoms with Crippen LogP contribution in [0.4, 0.5) is 0 Å². The SMILES string of the molecule is C[C@]12CC=C3C=C4CC[C@H](N5CC[N+](C)([O-])CC5)C[C@]45CCC3(O5)[C@@H]1CC[C@@H]2c1ccc2ccccc2c1. The molecular weight excluding hydrogens is 468 g/mol. The summed E-state index contributed by atoms with van der Waals surface area (Å²) in [5.41, 5.74) is 4.66. The molecule has 3 aliphatic carbocycles. The summed E-state index contributed by atoms with van der Waals surface area (Å²) in [6, 6.07) is 16.6. The van der Waals surface area contributed by atoms with Gasteiger partial charge in [-0.2, -0.15) is 0 Å². The van der Waals surface area contributed by atoms with E-state index < -0.39 is 0 Å². The van der Waals surface area contributed by atoms with Crippen LogP contribution >= 0.6 is 0 Å². The van der Waals surface area contributed by atoms with Crippen molar-refractivity contribution >= 4 is 10.8 Å². The van der Waals surface area contributed by atoms with Gasteiger partial charge >= 0.3 is 0 Å². The number of likely N-dealkylation sites (N-methyl/N-ethyl adjacent to an activating group) is 1. The van der Waals surface area contributed by atoms with Gasteiger partial charge in [0.15, 0.2) is 0 Å². The van der Waals surface area contributed by atoms with E-state index in [1.807, 2.05) is 7.05 Å². The molecule has 0 aromatic heterocycles. The summed E-state index contributed by atoms with van der Waals surface area (Å²) in [6.07, 6.45) is 14.7. The third-order valence-corrected chi connectivity index (χ3v) is 12.1. The van der Waals surface area contributed by atoms with Gasteiger partial charge in [-0.3, -0.25) is 4.90 Å². The average Bonchev–Trinajstić information content (AvgIpc) is 3.43. The molecule has 4 heteroatoms. The summed E-state index contributed by atoms with van der Waals surface area (Å²) in [7, 11) is 1.84. The minimum atomic E-state index is -0.101. The Morgan fingerprint density at radius 1 is 1.00 bits per heavy atom. The minimum absolute atomic E-state index is 0.0768. The fraction of sp³-hybridized carbons (Fsp3) is 0.588. The largest absolute Gasteiger partial charge is 0.633 e. The topological polar surface area (TPSA) is 35.5 Å². The summed E-state index contributed by atoms with van der Waals surface area (Å²) in [4.78, 5) is 2.62. The maximum Gasteiger partial charge on any atom is 0.0974 e. The molecule has 6 atom stereocenters. The van der Waals surface area contributed by atoms with Crippen molar-refractivity contribution in [3.8, 4) is 0 Å². The van der Waals surface area contributed by atoms with Crippen molar-refractivity contribution < 1.29 is 9.38 Å². The average molecular weight is 511 g/mol. The third kappa shape index (κ3) is 3.30. The summed E-state index contributed by atoms with van der Waals surface area (Å²) < 4.78 is 7.47. The highest BCUT2D eigenvalue weighted by molar-refractivity contribution is 5.83. The molecule has 2 bridgehead atoms. The molecule has 2 saturated heterocycles. The fourth-order valence-electron chi connectivity index (χ4n) is 9.94. The van der Waals surface area contributed by atoms with Gasteiger partial charge < -0.3 is 14.6 Å². The quantitative estimate of drug-likeness (QED) is 0.333. The molecule has 2 aromatic carbocycles. The van der Waals surface area contributed by atoms with Crippen LogP contribution in [-0.4, -0.2) is 60.0 Å². The highest BCUT2D eigenvalue weighted by Gasteiger charge is 2.66. The number of piperazine rings is 1. The van der Waals surface area contributed by atoms with E-state index in [0.29, 0.717) is 17.9 Å². The van der Waals surface area contributed by atoms with Gasteiger partial charge in [-0.05, 0) is 96.1 Å². The van der Waals surface area contributed by atoms with E-state index in [1.165, 1.54) is 54.0 Å². The zero-order chi connectivity index (χ0) is 25.8. The van der Waals surface area contributed by atoms with Crippen molar-refractivity contribution in [3.63, 3.8) is 0 Å². The van der Waals surface area contributed by atoms with Crippen molar-refractivity contribution in [2.75, 3.05) is 33.2 Å². The number of hydroxylamine groups is 3. The van der Waals surface area contributed by atoms with Crippen molar-refractivity contribution in [2.45, 2.75) is 81.5 Å². The molecule has 2 spiro atoms. The van der Waals surface area contributed by atoms with Gasteiger partial charge in [0.1, 0.15) is 0 Å². The number of quaternary nitrogens is 1. The Kier molecular flexibility index (Phi) is 5.05. The number of ether oxygens (including phenoxy) is 1. The first-order valence-corrected chi connectivity index (χ1v) is 15.2. The molecule has 38 heavy (non-hydrogen) atoms. The molecule has 8 rings (SSSR count). The lowest BCUT2D eigenvalue weighted by atomic mass is 9.58. The number of nitrogens with zero attached hydrogens (tertiary/aromatic N) is 2. The highest BCUT2D eigenvalue weighted by Crippen LogP contribution is 2.69. The van der Waals surface area contributed by atoms with Crippen LogP contribution in [0.25, 0.3) is 10.8 Å². The Morgan fingerprint density at radius 2 is 1.82 bits per heavy atom. The maximum absolute atomic E-state index is 12.5. The molecule has 200 valence electrons. The van der Waals surface area contributed by atoms with Gasteiger partial charge in [0.05, 0.1) is 31.3 Å². The maximum atomic E-state index is 12.5. The summed E-state index contributed by atoms with van der Waals surface area (Å²) >= 11 is 0. The molecule has 0 amide bonds. The molecule has 4 nitrogen and oxygen atoms in total. The summed E-state index contributed by atoms with van der Waals surface area (Å²) in [6.45, 7) is 5.89. The van der Waals surface area contributed by atoms with Crippen molar-refractivity contribution in [3.05, 3.63) is 76.5 Å². The van der Waals surface area contributed by atoms with Crippen LogP contribution < -0.4 is 0 Å².